The summed E-state index contributed by atoms with van der Waals surface area (Å²) in [6, 6.07) is 16.1. The molecule has 3 nitrogen and oxygen atoms in total. The maximum absolute atomic E-state index is 9.34. The highest BCUT2D eigenvalue weighted by molar-refractivity contribution is 5.81. The van der Waals surface area contributed by atoms with E-state index in [0.717, 1.165) is 13.1 Å². The van der Waals surface area contributed by atoms with Crippen LogP contribution in [0.4, 0.5) is 0 Å². The van der Waals surface area contributed by atoms with Crippen LogP contribution in [-0.2, 0) is 13.1 Å². The number of nitrogens with one attached hydrogen (secondary N) is 1. The summed E-state index contributed by atoms with van der Waals surface area (Å²) >= 11 is 0. The summed E-state index contributed by atoms with van der Waals surface area (Å²) in [5.41, 5.74) is 3.70. The molecule has 2 aromatic carbocycles. The largest absolute Gasteiger partial charge is 0.508 e. The molecule has 0 spiro atoms. The number of fused-ring (bicyclic) bond motifs is 1. The second-order valence-electron chi connectivity index (χ2n) is 5.03. The average Bonchev–Trinajstić information content (AvgIpc) is 2.85. The van der Waals surface area contributed by atoms with E-state index in [1.165, 1.54) is 22.0 Å². The van der Waals surface area contributed by atoms with Gasteiger partial charge >= 0.3 is 0 Å². The van der Waals surface area contributed by atoms with E-state index in [0.29, 0.717) is 5.75 Å². The highest BCUT2D eigenvalue weighted by Crippen LogP contribution is 2.20. The minimum atomic E-state index is 0.308. The van der Waals surface area contributed by atoms with Crippen molar-refractivity contribution in [2.24, 2.45) is 0 Å². The number of phenols is 1. The van der Waals surface area contributed by atoms with Gasteiger partial charge in [-0.1, -0.05) is 24.3 Å². The van der Waals surface area contributed by atoms with Crippen molar-refractivity contribution in [3.05, 3.63) is 65.9 Å². The Bertz CT molecular complexity index is 713. The SMILES string of the molecule is CNCc1ccc2ccn(Cc3ccc(O)cc3)c2c1. The lowest BCUT2D eigenvalue weighted by Gasteiger charge is -2.07. The Morgan fingerprint density at radius 2 is 1.75 bits per heavy atom. The lowest BCUT2D eigenvalue weighted by atomic mass is 10.1. The first-order valence-electron chi connectivity index (χ1n) is 6.76. The molecule has 2 N–H and O–H groups in total. The molecule has 0 saturated heterocycles. The predicted molar refractivity (Wildman–Crippen MR) is 81.9 cm³/mol. The van der Waals surface area contributed by atoms with Crippen LogP contribution < -0.4 is 5.32 Å². The highest BCUT2D eigenvalue weighted by Gasteiger charge is 2.03. The molecule has 0 saturated carbocycles. The van der Waals surface area contributed by atoms with Gasteiger partial charge < -0.3 is 15.0 Å². The molecular formula is C17H18N2O. The summed E-state index contributed by atoms with van der Waals surface area (Å²) < 4.78 is 2.24. The van der Waals surface area contributed by atoms with Gasteiger partial charge in [0.1, 0.15) is 5.75 Å². The van der Waals surface area contributed by atoms with Gasteiger partial charge in [0, 0.05) is 24.8 Å². The fraction of sp³-hybridized carbons (Fsp3) is 0.176. The molecule has 0 unspecified atom stereocenters. The van der Waals surface area contributed by atoms with Gasteiger partial charge in [0.25, 0.3) is 0 Å². The molecule has 102 valence electrons. The van der Waals surface area contributed by atoms with E-state index in [4.69, 9.17) is 0 Å². The normalized spacial score (nSPS) is 11.1. The molecule has 1 heterocycles. The number of hydrogen-bond donors (Lipinski definition) is 2. The van der Waals surface area contributed by atoms with Crippen molar-refractivity contribution in [2.45, 2.75) is 13.1 Å². The topological polar surface area (TPSA) is 37.2 Å². The molecule has 20 heavy (non-hydrogen) atoms. The Morgan fingerprint density at radius 3 is 2.50 bits per heavy atom. The fourth-order valence-corrected chi connectivity index (χ4v) is 2.48. The van der Waals surface area contributed by atoms with Crippen LogP contribution in [0.2, 0.25) is 0 Å². The van der Waals surface area contributed by atoms with Gasteiger partial charge in [-0.2, -0.15) is 0 Å². The van der Waals surface area contributed by atoms with Gasteiger partial charge in [0.2, 0.25) is 0 Å². The van der Waals surface area contributed by atoms with Crippen LogP contribution in [0.1, 0.15) is 11.1 Å². The standard InChI is InChI=1S/C17H18N2O/c1-18-11-14-2-5-15-8-9-19(17(15)10-14)12-13-3-6-16(20)7-4-13/h2-10,18,20H,11-12H2,1H3. The molecule has 0 radical (unpaired) electrons. The minimum absolute atomic E-state index is 0.308. The fourth-order valence-electron chi connectivity index (χ4n) is 2.48. The second-order valence-corrected chi connectivity index (χ2v) is 5.03. The van der Waals surface area contributed by atoms with Crippen molar-refractivity contribution < 1.29 is 5.11 Å². The van der Waals surface area contributed by atoms with Gasteiger partial charge in [-0.3, -0.25) is 0 Å². The maximum atomic E-state index is 9.34. The summed E-state index contributed by atoms with van der Waals surface area (Å²) in [7, 11) is 1.96. The van der Waals surface area contributed by atoms with E-state index < -0.39 is 0 Å². The molecule has 1 aromatic heterocycles. The lowest BCUT2D eigenvalue weighted by molar-refractivity contribution is 0.475. The van der Waals surface area contributed by atoms with Crippen molar-refractivity contribution in [1.29, 1.82) is 0 Å². The molecular weight excluding hydrogens is 248 g/mol. The van der Waals surface area contributed by atoms with Crippen LogP contribution in [0.5, 0.6) is 5.75 Å². The van der Waals surface area contributed by atoms with Crippen molar-refractivity contribution >= 4 is 10.9 Å². The number of rotatable bonds is 4. The quantitative estimate of drug-likeness (QED) is 0.761. The third-order valence-corrected chi connectivity index (χ3v) is 3.51. The van der Waals surface area contributed by atoms with Crippen LogP contribution in [0, 0.1) is 0 Å². The second kappa shape index (κ2) is 5.39. The monoisotopic (exact) mass is 266 g/mol. The number of nitrogens with zero attached hydrogens (tertiary/aromatic N) is 1. The first kappa shape index (κ1) is 12.8. The third-order valence-electron chi connectivity index (χ3n) is 3.51. The molecule has 3 heteroatoms. The van der Waals surface area contributed by atoms with Crippen LogP contribution in [-0.4, -0.2) is 16.7 Å². The van der Waals surface area contributed by atoms with E-state index in [1.54, 1.807) is 12.1 Å². The number of benzene rings is 2. The molecule has 0 fully saturated rings. The van der Waals surface area contributed by atoms with E-state index in [9.17, 15) is 5.11 Å². The zero-order valence-corrected chi connectivity index (χ0v) is 11.5. The Balaban J connectivity index is 1.94. The van der Waals surface area contributed by atoms with E-state index in [2.05, 4.69) is 40.3 Å². The molecule has 0 aliphatic heterocycles. The van der Waals surface area contributed by atoms with Crippen molar-refractivity contribution in [1.82, 2.24) is 9.88 Å². The van der Waals surface area contributed by atoms with E-state index in [-0.39, 0.29) is 0 Å². The third kappa shape index (κ3) is 2.53. The van der Waals surface area contributed by atoms with Crippen molar-refractivity contribution in [3.63, 3.8) is 0 Å². The Labute approximate surface area is 118 Å². The van der Waals surface area contributed by atoms with Crippen LogP contribution in [0.3, 0.4) is 0 Å². The smallest absolute Gasteiger partial charge is 0.115 e. The lowest BCUT2D eigenvalue weighted by Crippen LogP contribution is -2.05. The van der Waals surface area contributed by atoms with Gasteiger partial charge in [0.15, 0.2) is 0 Å². The summed E-state index contributed by atoms with van der Waals surface area (Å²) in [4.78, 5) is 0. The number of phenolic OH excluding ortho intramolecular Hbond substituents is 1. The highest BCUT2D eigenvalue weighted by atomic mass is 16.3. The average molecular weight is 266 g/mol. The Morgan fingerprint density at radius 1 is 1.00 bits per heavy atom. The number of hydrogen-bond acceptors (Lipinski definition) is 2. The van der Waals surface area contributed by atoms with Crippen LogP contribution in [0.25, 0.3) is 10.9 Å². The summed E-state index contributed by atoms with van der Waals surface area (Å²) in [6.45, 7) is 1.69. The van der Waals surface area contributed by atoms with E-state index >= 15 is 0 Å². The van der Waals surface area contributed by atoms with Gasteiger partial charge in [-0.25, -0.2) is 0 Å². The zero-order valence-electron chi connectivity index (χ0n) is 11.5. The zero-order chi connectivity index (χ0) is 13.9. The van der Waals surface area contributed by atoms with Gasteiger partial charge in [-0.05, 0) is 47.8 Å². The number of aromatic nitrogens is 1. The van der Waals surface area contributed by atoms with Crippen molar-refractivity contribution in [3.8, 4) is 5.75 Å². The summed E-state index contributed by atoms with van der Waals surface area (Å²) in [6.07, 6.45) is 2.11. The van der Waals surface area contributed by atoms with Gasteiger partial charge in [0.05, 0.1) is 0 Å². The number of aromatic hydroxyl groups is 1. The molecule has 0 aliphatic carbocycles. The summed E-state index contributed by atoms with van der Waals surface area (Å²) in [5.74, 6) is 0.308. The minimum Gasteiger partial charge on any atom is -0.508 e. The first-order chi connectivity index (χ1) is 9.76. The Hall–Kier alpha value is -2.26. The molecule has 0 amide bonds. The van der Waals surface area contributed by atoms with E-state index in [1.807, 2.05) is 19.2 Å². The molecule has 3 rings (SSSR count). The van der Waals surface area contributed by atoms with Gasteiger partial charge in [-0.15, -0.1) is 0 Å². The predicted octanol–water partition coefficient (Wildman–Crippen LogP) is 3.11. The maximum Gasteiger partial charge on any atom is 0.115 e. The van der Waals surface area contributed by atoms with Crippen LogP contribution in [0.15, 0.2) is 54.7 Å². The molecule has 0 aliphatic rings. The molecule has 0 bridgehead atoms. The molecule has 0 atom stereocenters. The Kier molecular flexibility index (Phi) is 3.44. The summed E-state index contributed by atoms with van der Waals surface area (Å²) in [5, 5.41) is 13.8. The first-order valence-corrected chi connectivity index (χ1v) is 6.76. The van der Waals surface area contributed by atoms with Crippen LogP contribution >= 0.6 is 0 Å². The van der Waals surface area contributed by atoms with Crippen molar-refractivity contribution in [2.75, 3.05) is 7.05 Å². The molecule has 3 aromatic rings.